The van der Waals surface area contributed by atoms with Crippen LogP contribution >= 0.6 is 23.2 Å². The van der Waals surface area contributed by atoms with Crippen molar-refractivity contribution >= 4 is 62.6 Å². The molecule has 4 atom stereocenters. The summed E-state index contributed by atoms with van der Waals surface area (Å²) < 4.78 is 34.5. The SMILES string of the molecule is CC(=O)[C@H](C(OC(=O)c1c(Cl)cccc1Cl)C(=O)O)N(C)C(=O)C1(c2ccccc2)CC([C@@H](NS(=O)(=O)Cc2ccccc2)C(C)C)=NO1. The van der Waals surface area contributed by atoms with Crippen LogP contribution in [0.2, 0.25) is 10.0 Å². The topological polar surface area (TPSA) is 169 Å². The fourth-order valence-corrected chi connectivity index (χ4v) is 7.62. The van der Waals surface area contributed by atoms with Crippen molar-refractivity contribution in [1.29, 1.82) is 0 Å². The smallest absolute Gasteiger partial charge is 0.347 e. The number of nitrogens with zero attached hydrogens (tertiary/aromatic N) is 2. The summed E-state index contributed by atoms with van der Waals surface area (Å²) in [6.45, 7) is 4.60. The van der Waals surface area contributed by atoms with E-state index in [1.54, 1.807) is 74.5 Å². The number of sulfonamides is 1. The Bertz CT molecular complexity index is 1840. The second-order valence-corrected chi connectivity index (χ2v) is 14.4. The molecule has 15 heteroatoms. The van der Waals surface area contributed by atoms with Gasteiger partial charge in [-0.3, -0.25) is 9.59 Å². The van der Waals surface area contributed by atoms with E-state index in [1.165, 1.54) is 25.2 Å². The van der Waals surface area contributed by atoms with Crippen molar-refractivity contribution in [3.8, 4) is 0 Å². The van der Waals surface area contributed by atoms with E-state index in [2.05, 4.69) is 9.88 Å². The summed E-state index contributed by atoms with van der Waals surface area (Å²) in [6.07, 6.45) is -2.44. The molecule has 0 spiro atoms. The summed E-state index contributed by atoms with van der Waals surface area (Å²) >= 11 is 12.2. The summed E-state index contributed by atoms with van der Waals surface area (Å²) in [7, 11) is -2.72. The lowest BCUT2D eigenvalue weighted by Crippen LogP contribution is -2.58. The number of oxime groups is 1. The van der Waals surface area contributed by atoms with Crippen LogP contribution in [-0.2, 0) is 45.3 Å². The van der Waals surface area contributed by atoms with Gasteiger partial charge in [0.2, 0.25) is 21.7 Å². The van der Waals surface area contributed by atoms with Crippen molar-refractivity contribution in [3.05, 3.63) is 106 Å². The monoisotopic (exact) mass is 731 g/mol. The molecule has 0 aliphatic carbocycles. The number of hydrogen-bond acceptors (Lipinski definition) is 9. The molecule has 1 aliphatic heterocycles. The normalized spacial score (nSPS) is 17.7. The van der Waals surface area contributed by atoms with E-state index in [-0.39, 0.29) is 39.4 Å². The van der Waals surface area contributed by atoms with Gasteiger partial charge in [0.1, 0.15) is 6.04 Å². The lowest BCUT2D eigenvalue weighted by Gasteiger charge is -2.36. The van der Waals surface area contributed by atoms with Gasteiger partial charge >= 0.3 is 11.9 Å². The minimum absolute atomic E-state index is 0.114. The third-order valence-corrected chi connectivity index (χ3v) is 9.91. The average molecular weight is 733 g/mol. The van der Waals surface area contributed by atoms with Gasteiger partial charge in [0.25, 0.3) is 5.91 Å². The van der Waals surface area contributed by atoms with Crippen molar-refractivity contribution in [3.63, 3.8) is 0 Å². The first-order valence-corrected chi connectivity index (χ1v) is 17.5. The number of ketones is 1. The number of ether oxygens (including phenoxy) is 1. The lowest BCUT2D eigenvalue weighted by atomic mass is 9.83. The fourth-order valence-electron chi connectivity index (χ4n) is 5.56. The molecule has 2 unspecified atom stereocenters. The molecule has 1 amide bonds. The number of rotatable bonds is 14. The highest BCUT2D eigenvalue weighted by molar-refractivity contribution is 7.88. The molecule has 49 heavy (non-hydrogen) atoms. The minimum atomic E-state index is -3.90. The number of carboxylic acid groups (broad SMARTS) is 1. The third kappa shape index (κ3) is 8.47. The zero-order chi connectivity index (χ0) is 36.1. The first-order valence-electron chi connectivity index (χ1n) is 15.1. The minimum Gasteiger partial charge on any atom is -0.478 e. The molecule has 4 rings (SSSR count). The Morgan fingerprint density at radius 1 is 0.980 bits per heavy atom. The van der Waals surface area contributed by atoms with Gasteiger partial charge in [-0.25, -0.2) is 22.7 Å². The highest BCUT2D eigenvalue weighted by atomic mass is 35.5. The Morgan fingerprint density at radius 3 is 2.08 bits per heavy atom. The van der Waals surface area contributed by atoms with Crippen LogP contribution in [0.5, 0.6) is 0 Å². The van der Waals surface area contributed by atoms with Gasteiger partial charge in [0, 0.05) is 19.0 Å². The molecular weight excluding hydrogens is 697 g/mol. The number of carbonyl (C=O) groups excluding carboxylic acids is 3. The summed E-state index contributed by atoms with van der Waals surface area (Å²) in [5.74, 6) is -5.31. The molecule has 12 nitrogen and oxygen atoms in total. The molecule has 0 aromatic heterocycles. The number of aliphatic carboxylic acids is 1. The summed E-state index contributed by atoms with van der Waals surface area (Å²) in [6, 6.07) is 18.2. The molecular formula is C34H35Cl2N3O9S. The van der Waals surface area contributed by atoms with Gasteiger partial charge < -0.3 is 19.6 Å². The van der Waals surface area contributed by atoms with E-state index in [0.29, 0.717) is 11.1 Å². The number of hydrogen-bond donors (Lipinski definition) is 2. The molecule has 3 aromatic carbocycles. The molecule has 0 saturated carbocycles. The van der Waals surface area contributed by atoms with Crippen molar-refractivity contribution in [1.82, 2.24) is 9.62 Å². The van der Waals surface area contributed by atoms with Gasteiger partial charge in [0.15, 0.2) is 5.78 Å². The maximum Gasteiger partial charge on any atom is 0.347 e. The van der Waals surface area contributed by atoms with E-state index >= 15 is 0 Å². The van der Waals surface area contributed by atoms with E-state index in [4.69, 9.17) is 32.8 Å². The molecule has 260 valence electrons. The highest BCUT2D eigenvalue weighted by Crippen LogP contribution is 2.39. The van der Waals surface area contributed by atoms with Crippen LogP contribution in [0.1, 0.15) is 48.7 Å². The molecule has 2 N–H and O–H groups in total. The number of likely N-dealkylation sites (N-methyl/N-ethyl adjacent to an activating group) is 1. The number of nitrogens with one attached hydrogen (secondary N) is 1. The van der Waals surface area contributed by atoms with Crippen LogP contribution in [0.4, 0.5) is 0 Å². The molecule has 1 heterocycles. The van der Waals surface area contributed by atoms with Gasteiger partial charge in [-0.05, 0) is 30.5 Å². The molecule has 0 saturated heterocycles. The molecule has 0 bridgehead atoms. The van der Waals surface area contributed by atoms with Crippen LogP contribution < -0.4 is 4.72 Å². The zero-order valence-corrected chi connectivity index (χ0v) is 29.3. The molecule has 1 aliphatic rings. The number of Topliss-reactive ketones (excluding diaryl/α,β-unsaturated/α-hetero) is 1. The van der Waals surface area contributed by atoms with Gasteiger partial charge in [-0.2, -0.15) is 0 Å². The number of amides is 1. The Labute approximate surface area is 294 Å². The maximum atomic E-state index is 14.5. The maximum absolute atomic E-state index is 14.5. The van der Waals surface area contributed by atoms with E-state index in [1.807, 2.05) is 0 Å². The van der Waals surface area contributed by atoms with Crippen molar-refractivity contribution in [2.75, 3.05) is 7.05 Å². The van der Waals surface area contributed by atoms with Crippen molar-refractivity contribution < 1.29 is 42.3 Å². The summed E-state index contributed by atoms with van der Waals surface area (Å²) in [5.41, 5.74) is -1.20. The molecule has 0 fully saturated rings. The number of carbonyl (C=O) groups is 4. The number of halogens is 2. The number of benzene rings is 3. The second-order valence-electron chi connectivity index (χ2n) is 11.9. The van der Waals surface area contributed by atoms with Crippen LogP contribution in [0.15, 0.2) is 84.0 Å². The first kappa shape index (κ1) is 37.5. The van der Waals surface area contributed by atoms with Crippen LogP contribution in [0, 0.1) is 5.92 Å². The van der Waals surface area contributed by atoms with E-state index < -0.39 is 57.4 Å². The van der Waals surface area contributed by atoms with Crippen molar-refractivity contribution in [2.24, 2.45) is 11.1 Å². The lowest BCUT2D eigenvalue weighted by molar-refractivity contribution is -0.167. The Balaban J connectivity index is 1.68. The highest BCUT2D eigenvalue weighted by Gasteiger charge is 2.54. The van der Waals surface area contributed by atoms with Gasteiger partial charge in [0.05, 0.1) is 33.1 Å². The third-order valence-electron chi connectivity index (χ3n) is 7.95. The predicted octanol–water partition coefficient (Wildman–Crippen LogP) is 4.84. The van der Waals surface area contributed by atoms with Gasteiger partial charge in [-0.1, -0.05) is 109 Å². The second kappa shape index (κ2) is 15.5. The van der Waals surface area contributed by atoms with Crippen LogP contribution in [-0.4, -0.2) is 73.0 Å². The quantitative estimate of drug-likeness (QED) is 0.221. The van der Waals surface area contributed by atoms with Crippen LogP contribution in [0.25, 0.3) is 0 Å². The average Bonchev–Trinajstić information content (AvgIpc) is 3.49. The first-order chi connectivity index (χ1) is 23.1. The Morgan fingerprint density at radius 2 is 1.55 bits per heavy atom. The zero-order valence-electron chi connectivity index (χ0n) is 27.0. The number of esters is 1. The Hall–Kier alpha value is -4.30. The van der Waals surface area contributed by atoms with Gasteiger partial charge in [-0.15, -0.1) is 0 Å². The van der Waals surface area contributed by atoms with Crippen molar-refractivity contribution in [2.45, 2.75) is 56.7 Å². The standard InChI is InChI=1S/C34H35Cl2N3O9S/c1-20(2)28(38-49(45,46)19-22-12-7-5-8-13-22)26-18-34(48-37-26,23-14-9-6-10-15-23)33(44)39(4)29(21(3)40)30(31(41)42)47-32(43)27-24(35)16-11-17-25(27)36/h5-17,20,28-30,38H,18-19H2,1-4H3,(H,41,42)/t28-,29+,30?,34?/m0/s1. The van der Waals surface area contributed by atoms with E-state index in [0.717, 1.165) is 11.8 Å². The predicted molar refractivity (Wildman–Crippen MR) is 183 cm³/mol. The van der Waals surface area contributed by atoms with E-state index in [9.17, 15) is 32.7 Å². The summed E-state index contributed by atoms with van der Waals surface area (Å²) in [4.78, 5) is 59.9. The molecule has 3 aromatic rings. The number of carboxylic acids is 1. The molecule has 0 radical (unpaired) electrons. The summed E-state index contributed by atoms with van der Waals surface area (Å²) in [5, 5.41) is 14.1. The fraction of sp³-hybridized carbons (Fsp3) is 0.324. The van der Waals surface area contributed by atoms with Crippen LogP contribution in [0.3, 0.4) is 0 Å². The Kier molecular flexibility index (Phi) is 11.9. The largest absolute Gasteiger partial charge is 0.478 e.